The van der Waals surface area contributed by atoms with Crippen LogP contribution in [0.3, 0.4) is 0 Å². The molecule has 0 rings (SSSR count). The van der Waals surface area contributed by atoms with Crippen LogP contribution in [0.25, 0.3) is 0 Å². The Kier molecular flexibility index (Phi) is 12.8. The standard InChI is InChI=1S/C21H32O2/c1-6-7-8-12-18(2)13-9-10-14-19(3)17-20(4)15-11-16-21(22)23-5/h9-10,13-14,17-18,20H,6,11-12,15-16H2,1-5H3. The van der Waals surface area contributed by atoms with Gasteiger partial charge in [0.1, 0.15) is 0 Å². The van der Waals surface area contributed by atoms with Crippen molar-refractivity contribution < 1.29 is 9.53 Å². The zero-order chi connectivity index (χ0) is 17.5. The second-order valence-electron chi connectivity index (χ2n) is 5.99. The minimum absolute atomic E-state index is 0.124. The number of allylic oxidation sites excluding steroid dienone is 6. The summed E-state index contributed by atoms with van der Waals surface area (Å²) in [7, 11) is 1.44. The van der Waals surface area contributed by atoms with Crippen molar-refractivity contribution in [3.63, 3.8) is 0 Å². The van der Waals surface area contributed by atoms with E-state index in [1.807, 2.05) is 0 Å². The van der Waals surface area contributed by atoms with E-state index in [9.17, 15) is 4.79 Å². The molecule has 128 valence electrons. The molecular weight excluding hydrogens is 284 g/mol. The first-order chi connectivity index (χ1) is 11.0. The highest BCUT2D eigenvalue weighted by molar-refractivity contribution is 5.68. The van der Waals surface area contributed by atoms with Crippen molar-refractivity contribution in [3.05, 3.63) is 36.0 Å². The molecule has 0 fully saturated rings. The summed E-state index contributed by atoms with van der Waals surface area (Å²) in [6.07, 6.45) is 15.0. The Balaban J connectivity index is 4.13. The van der Waals surface area contributed by atoms with Gasteiger partial charge in [0, 0.05) is 19.3 Å². The van der Waals surface area contributed by atoms with E-state index in [-0.39, 0.29) is 5.97 Å². The predicted octanol–water partition coefficient (Wildman–Crippen LogP) is 5.46. The zero-order valence-electron chi connectivity index (χ0n) is 15.4. The topological polar surface area (TPSA) is 26.3 Å². The molecule has 2 heteroatoms. The van der Waals surface area contributed by atoms with Crippen LogP contribution in [0.15, 0.2) is 36.0 Å². The Bertz CT molecular complexity index is 472. The van der Waals surface area contributed by atoms with Crippen LogP contribution in [0, 0.1) is 23.7 Å². The Hall–Kier alpha value is -1.75. The van der Waals surface area contributed by atoms with Crippen LogP contribution in [0.5, 0.6) is 0 Å². The minimum atomic E-state index is -0.124. The highest BCUT2D eigenvalue weighted by atomic mass is 16.5. The molecule has 0 radical (unpaired) electrons. The molecule has 0 N–H and O–H groups in total. The number of carbonyl (C=O) groups is 1. The number of carbonyl (C=O) groups excluding carboxylic acids is 1. The van der Waals surface area contributed by atoms with Gasteiger partial charge in [0.2, 0.25) is 0 Å². The van der Waals surface area contributed by atoms with E-state index in [4.69, 9.17) is 0 Å². The van der Waals surface area contributed by atoms with Crippen LogP contribution in [0.1, 0.15) is 59.8 Å². The highest BCUT2D eigenvalue weighted by Gasteiger charge is 2.03. The van der Waals surface area contributed by atoms with E-state index < -0.39 is 0 Å². The molecule has 0 aromatic carbocycles. The minimum Gasteiger partial charge on any atom is -0.469 e. The largest absolute Gasteiger partial charge is 0.469 e. The van der Waals surface area contributed by atoms with Gasteiger partial charge in [0.15, 0.2) is 0 Å². The van der Waals surface area contributed by atoms with E-state index in [0.717, 1.165) is 25.7 Å². The van der Waals surface area contributed by atoms with Crippen molar-refractivity contribution >= 4 is 5.97 Å². The Labute approximate surface area is 142 Å². The molecule has 0 heterocycles. The summed E-state index contributed by atoms with van der Waals surface area (Å²) < 4.78 is 4.65. The van der Waals surface area contributed by atoms with Gasteiger partial charge in [0.05, 0.1) is 7.11 Å². The van der Waals surface area contributed by atoms with Crippen LogP contribution in [-0.4, -0.2) is 13.1 Å². The van der Waals surface area contributed by atoms with E-state index in [1.54, 1.807) is 0 Å². The molecule has 0 aliphatic heterocycles. The second kappa shape index (κ2) is 13.9. The van der Waals surface area contributed by atoms with Crippen molar-refractivity contribution in [1.29, 1.82) is 0 Å². The number of hydrogen-bond donors (Lipinski definition) is 0. The van der Waals surface area contributed by atoms with Gasteiger partial charge in [-0.2, -0.15) is 0 Å². The third kappa shape index (κ3) is 13.6. The average Bonchev–Trinajstić information content (AvgIpc) is 2.51. The molecule has 23 heavy (non-hydrogen) atoms. The molecule has 0 spiro atoms. The molecular formula is C21H32O2. The number of esters is 1. The Morgan fingerprint density at radius 1 is 1.17 bits per heavy atom. The first-order valence-electron chi connectivity index (χ1n) is 8.55. The van der Waals surface area contributed by atoms with Gasteiger partial charge in [-0.3, -0.25) is 4.79 Å². The van der Waals surface area contributed by atoms with Crippen molar-refractivity contribution in [2.75, 3.05) is 7.11 Å². The first-order valence-corrected chi connectivity index (χ1v) is 8.55. The summed E-state index contributed by atoms with van der Waals surface area (Å²) in [6, 6.07) is 0. The number of hydrogen-bond acceptors (Lipinski definition) is 2. The number of ether oxygens (including phenoxy) is 1. The molecule has 0 aliphatic rings. The van der Waals surface area contributed by atoms with Crippen molar-refractivity contribution in [2.24, 2.45) is 11.8 Å². The highest BCUT2D eigenvalue weighted by Crippen LogP contribution is 2.13. The van der Waals surface area contributed by atoms with Gasteiger partial charge in [0.25, 0.3) is 0 Å². The quantitative estimate of drug-likeness (QED) is 0.320. The van der Waals surface area contributed by atoms with Crippen LogP contribution in [0.2, 0.25) is 0 Å². The maximum Gasteiger partial charge on any atom is 0.305 e. The van der Waals surface area contributed by atoms with Crippen LogP contribution in [-0.2, 0) is 9.53 Å². The normalized spacial score (nSPS) is 14.6. The molecule has 0 saturated carbocycles. The van der Waals surface area contributed by atoms with Crippen LogP contribution in [0.4, 0.5) is 0 Å². The lowest BCUT2D eigenvalue weighted by molar-refractivity contribution is -0.140. The van der Waals surface area contributed by atoms with Gasteiger partial charge in [-0.05, 0) is 31.6 Å². The average molecular weight is 316 g/mol. The monoisotopic (exact) mass is 316 g/mol. The lowest BCUT2D eigenvalue weighted by Crippen LogP contribution is -2.01. The molecule has 2 unspecified atom stereocenters. The fraction of sp³-hybridized carbons (Fsp3) is 0.571. The predicted molar refractivity (Wildman–Crippen MR) is 98.9 cm³/mol. The summed E-state index contributed by atoms with van der Waals surface area (Å²) in [5, 5.41) is 0. The third-order valence-electron chi connectivity index (χ3n) is 3.45. The van der Waals surface area contributed by atoms with Crippen LogP contribution >= 0.6 is 0 Å². The van der Waals surface area contributed by atoms with E-state index in [2.05, 4.69) is 74.7 Å². The fourth-order valence-electron chi connectivity index (χ4n) is 2.15. The third-order valence-corrected chi connectivity index (χ3v) is 3.45. The van der Waals surface area contributed by atoms with Crippen LogP contribution < -0.4 is 0 Å². The van der Waals surface area contributed by atoms with Gasteiger partial charge in [-0.25, -0.2) is 0 Å². The lowest BCUT2D eigenvalue weighted by atomic mass is 10.0. The summed E-state index contributed by atoms with van der Waals surface area (Å²) in [4.78, 5) is 11.1. The summed E-state index contributed by atoms with van der Waals surface area (Å²) in [6.45, 7) is 8.54. The fourth-order valence-corrected chi connectivity index (χ4v) is 2.15. The molecule has 0 bridgehead atoms. The van der Waals surface area contributed by atoms with Crippen molar-refractivity contribution in [2.45, 2.75) is 59.8 Å². The maximum absolute atomic E-state index is 11.1. The molecule has 0 amide bonds. The molecule has 2 atom stereocenters. The molecule has 2 nitrogen and oxygen atoms in total. The summed E-state index contributed by atoms with van der Waals surface area (Å²) >= 11 is 0. The van der Waals surface area contributed by atoms with Gasteiger partial charge in [-0.15, -0.1) is 11.8 Å². The molecule has 0 aliphatic carbocycles. The Morgan fingerprint density at radius 2 is 1.91 bits per heavy atom. The molecule has 0 aromatic heterocycles. The van der Waals surface area contributed by atoms with Gasteiger partial charge >= 0.3 is 5.97 Å². The maximum atomic E-state index is 11.1. The molecule has 0 saturated heterocycles. The van der Waals surface area contributed by atoms with Crippen molar-refractivity contribution in [3.8, 4) is 11.8 Å². The van der Waals surface area contributed by atoms with Gasteiger partial charge < -0.3 is 4.74 Å². The number of methoxy groups -OCH3 is 1. The SMILES string of the molecule is CCC#CCC(C)C=CC=CC(C)=CC(C)CCCC(=O)OC. The number of rotatable bonds is 9. The molecule has 0 aromatic rings. The Morgan fingerprint density at radius 3 is 2.57 bits per heavy atom. The van der Waals surface area contributed by atoms with Gasteiger partial charge in [-0.1, -0.05) is 56.7 Å². The van der Waals surface area contributed by atoms with E-state index in [1.165, 1.54) is 12.7 Å². The smallest absolute Gasteiger partial charge is 0.305 e. The second-order valence-corrected chi connectivity index (χ2v) is 5.99. The summed E-state index contributed by atoms with van der Waals surface area (Å²) in [5.74, 6) is 7.10. The summed E-state index contributed by atoms with van der Waals surface area (Å²) in [5.41, 5.74) is 1.25. The van der Waals surface area contributed by atoms with Crippen molar-refractivity contribution in [1.82, 2.24) is 0 Å². The lowest BCUT2D eigenvalue weighted by Gasteiger charge is -2.06. The van der Waals surface area contributed by atoms with E-state index >= 15 is 0 Å². The zero-order valence-corrected chi connectivity index (χ0v) is 15.4. The first kappa shape index (κ1) is 21.2. The van der Waals surface area contributed by atoms with E-state index in [0.29, 0.717) is 18.3 Å².